The summed E-state index contributed by atoms with van der Waals surface area (Å²) in [4.78, 5) is 27.6. The first-order valence-electron chi connectivity index (χ1n) is 6.94. The molecule has 0 spiro atoms. The number of nitrogens with zero attached hydrogens (tertiary/aromatic N) is 2. The molecule has 0 bridgehead atoms. The van der Waals surface area contributed by atoms with Crippen molar-refractivity contribution in [2.45, 2.75) is 13.3 Å². The number of anilines is 1. The first-order chi connectivity index (χ1) is 11.5. The lowest BCUT2D eigenvalue weighted by Crippen LogP contribution is -2.21. The van der Waals surface area contributed by atoms with Crippen LogP contribution in [0.4, 0.5) is 5.69 Å². The van der Waals surface area contributed by atoms with Crippen LogP contribution >= 0.6 is 23.2 Å². The molecule has 0 saturated carbocycles. The van der Waals surface area contributed by atoms with E-state index in [1.807, 2.05) is 0 Å². The molecular formula is C16H14Cl2N4O2. The summed E-state index contributed by atoms with van der Waals surface area (Å²) in [6.07, 6.45) is 3.00. The SMILES string of the molecule is CC(CC(=O)Nc1ccc(Cl)cc1Cl)=NNC(=O)c1cccnc1. The van der Waals surface area contributed by atoms with Gasteiger partial charge in [0.2, 0.25) is 5.91 Å². The molecule has 0 unspecified atom stereocenters. The number of rotatable bonds is 5. The van der Waals surface area contributed by atoms with Gasteiger partial charge in [-0.2, -0.15) is 5.10 Å². The number of hydrogen-bond acceptors (Lipinski definition) is 4. The van der Waals surface area contributed by atoms with E-state index in [-0.39, 0.29) is 12.3 Å². The van der Waals surface area contributed by atoms with E-state index in [2.05, 4.69) is 20.8 Å². The van der Waals surface area contributed by atoms with Crippen LogP contribution in [-0.2, 0) is 4.79 Å². The Kier molecular flexibility index (Phi) is 6.28. The zero-order valence-electron chi connectivity index (χ0n) is 12.7. The minimum Gasteiger partial charge on any atom is -0.324 e. The fourth-order valence-electron chi connectivity index (χ4n) is 1.76. The van der Waals surface area contributed by atoms with Gasteiger partial charge in [-0.3, -0.25) is 14.6 Å². The predicted octanol–water partition coefficient (Wildman–Crippen LogP) is 3.52. The van der Waals surface area contributed by atoms with Crippen LogP contribution in [0.5, 0.6) is 0 Å². The molecule has 0 saturated heterocycles. The van der Waals surface area contributed by atoms with Crippen LogP contribution in [0.15, 0.2) is 47.8 Å². The Morgan fingerprint density at radius 3 is 2.71 bits per heavy atom. The maximum Gasteiger partial charge on any atom is 0.272 e. The van der Waals surface area contributed by atoms with Gasteiger partial charge in [-0.1, -0.05) is 23.2 Å². The van der Waals surface area contributed by atoms with E-state index in [1.165, 1.54) is 12.3 Å². The van der Waals surface area contributed by atoms with Crippen molar-refractivity contribution in [3.8, 4) is 0 Å². The molecule has 1 heterocycles. The first kappa shape index (κ1) is 17.9. The van der Waals surface area contributed by atoms with E-state index in [0.29, 0.717) is 27.0 Å². The number of benzene rings is 1. The highest BCUT2D eigenvalue weighted by atomic mass is 35.5. The number of aromatic nitrogens is 1. The molecule has 2 rings (SSSR count). The van der Waals surface area contributed by atoms with Crippen LogP contribution in [-0.4, -0.2) is 22.5 Å². The Balaban J connectivity index is 1.90. The van der Waals surface area contributed by atoms with E-state index in [1.54, 1.807) is 37.4 Å². The van der Waals surface area contributed by atoms with E-state index in [0.717, 1.165) is 0 Å². The zero-order chi connectivity index (χ0) is 17.5. The fourth-order valence-corrected chi connectivity index (χ4v) is 2.22. The summed E-state index contributed by atoms with van der Waals surface area (Å²) in [7, 11) is 0. The van der Waals surface area contributed by atoms with Crippen molar-refractivity contribution in [2.24, 2.45) is 5.10 Å². The lowest BCUT2D eigenvalue weighted by molar-refractivity contribution is -0.115. The van der Waals surface area contributed by atoms with Gasteiger partial charge in [0.15, 0.2) is 0 Å². The van der Waals surface area contributed by atoms with Gasteiger partial charge < -0.3 is 5.32 Å². The second kappa shape index (κ2) is 8.42. The van der Waals surface area contributed by atoms with Crippen LogP contribution in [0.1, 0.15) is 23.7 Å². The number of nitrogens with one attached hydrogen (secondary N) is 2. The molecule has 0 fully saturated rings. The molecule has 1 aromatic heterocycles. The second-order valence-corrected chi connectivity index (χ2v) is 5.72. The molecule has 124 valence electrons. The molecule has 0 atom stereocenters. The third-order valence-corrected chi connectivity index (χ3v) is 3.44. The summed E-state index contributed by atoms with van der Waals surface area (Å²) in [5, 5.41) is 7.37. The molecule has 2 aromatic rings. The normalized spacial score (nSPS) is 11.0. The molecule has 0 aliphatic carbocycles. The van der Waals surface area contributed by atoms with Gasteiger partial charge in [-0.15, -0.1) is 0 Å². The maximum atomic E-state index is 12.0. The van der Waals surface area contributed by atoms with Crippen LogP contribution in [0.3, 0.4) is 0 Å². The quantitative estimate of drug-likeness (QED) is 0.628. The van der Waals surface area contributed by atoms with Gasteiger partial charge in [-0.25, -0.2) is 5.43 Å². The Morgan fingerprint density at radius 2 is 2.04 bits per heavy atom. The van der Waals surface area contributed by atoms with E-state index in [9.17, 15) is 9.59 Å². The molecule has 6 nitrogen and oxygen atoms in total. The zero-order valence-corrected chi connectivity index (χ0v) is 14.2. The third kappa shape index (κ3) is 5.33. The van der Waals surface area contributed by atoms with Crippen LogP contribution < -0.4 is 10.7 Å². The van der Waals surface area contributed by atoms with E-state index >= 15 is 0 Å². The molecular weight excluding hydrogens is 351 g/mol. The molecule has 0 aliphatic rings. The summed E-state index contributed by atoms with van der Waals surface area (Å²) in [5.74, 6) is -0.709. The Labute approximate surface area is 148 Å². The minimum absolute atomic E-state index is 0.00623. The Hall–Kier alpha value is -2.44. The fraction of sp³-hybridized carbons (Fsp3) is 0.125. The number of halogens is 2. The monoisotopic (exact) mass is 364 g/mol. The van der Waals surface area contributed by atoms with E-state index < -0.39 is 5.91 Å². The Bertz CT molecular complexity index is 779. The molecule has 1 aromatic carbocycles. The molecule has 8 heteroatoms. The van der Waals surface area contributed by atoms with Gasteiger partial charge in [0.1, 0.15) is 0 Å². The smallest absolute Gasteiger partial charge is 0.272 e. The standard InChI is InChI=1S/C16H14Cl2N4O2/c1-10(21-22-16(24)11-3-2-6-19-9-11)7-15(23)20-14-5-4-12(17)8-13(14)18/h2-6,8-9H,7H2,1H3,(H,20,23)(H,22,24). The van der Waals surface area contributed by atoms with Gasteiger partial charge >= 0.3 is 0 Å². The van der Waals surface area contributed by atoms with Crippen molar-refractivity contribution < 1.29 is 9.59 Å². The number of carbonyl (C=O) groups is 2. The van der Waals surface area contributed by atoms with Crippen LogP contribution in [0.25, 0.3) is 0 Å². The summed E-state index contributed by atoms with van der Waals surface area (Å²) in [6, 6.07) is 8.03. The van der Waals surface area contributed by atoms with Crippen molar-refractivity contribution in [2.75, 3.05) is 5.32 Å². The van der Waals surface area contributed by atoms with Crippen LogP contribution in [0.2, 0.25) is 10.0 Å². The summed E-state index contributed by atoms with van der Waals surface area (Å²) < 4.78 is 0. The largest absolute Gasteiger partial charge is 0.324 e. The highest BCUT2D eigenvalue weighted by Gasteiger charge is 2.09. The van der Waals surface area contributed by atoms with Crippen molar-refractivity contribution in [1.82, 2.24) is 10.4 Å². The van der Waals surface area contributed by atoms with Crippen molar-refractivity contribution in [3.05, 3.63) is 58.3 Å². The third-order valence-electron chi connectivity index (χ3n) is 2.89. The predicted molar refractivity (Wildman–Crippen MR) is 94.5 cm³/mol. The van der Waals surface area contributed by atoms with Gasteiger partial charge in [0, 0.05) is 23.1 Å². The molecule has 0 aliphatic heterocycles. The highest BCUT2D eigenvalue weighted by molar-refractivity contribution is 6.36. The molecule has 2 N–H and O–H groups in total. The van der Waals surface area contributed by atoms with Gasteiger partial charge in [0.25, 0.3) is 5.91 Å². The minimum atomic E-state index is -0.399. The second-order valence-electron chi connectivity index (χ2n) is 4.88. The molecule has 0 radical (unpaired) electrons. The number of carbonyl (C=O) groups excluding carboxylic acids is 2. The number of hydrazone groups is 1. The van der Waals surface area contributed by atoms with Crippen molar-refractivity contribution >= 4 is 46.4 Å². The average molecular weight is 365 g/mol. The summed E-state index contributed by atoms with van der Waals surface area (Å²) in [6.45, 7) is 1.63. The molecule has 24 heavy (non-hydrogen) atoms. The van der Waals surface area contributed by atoms with E-state index in [4.69, 9.17) is 23.2 Å². The first-order valence-corrected chi connectivity index (χ1v) is 7.69. The number of amides is 2. The maximum absolute atomic E-state index is 12.0. The highest BCUT2D eigenvalue weighted by Crippen LogP contribution is 2.25. The average Bonchev–Trinajstić information content (AvgIpc) is 2.56. The lowest BCUT2D eigenvalue weighted by Gasteiger charge is -2.07. The summed E-state index contributed by atoms with van der Waals surface area (Å²) in [5.41, 5.74) is 3.65. The topological polar surface area (TPSA) is 83.5 Å². The number of pyridine rings is 1. The summed E-state index contributed by atoms with van der Waals surface area (Å²) >= 11 is 11.8. The number of hydrogen-bond donors (Lipinski definition) is 2. The lowest BCUT2D eigenvalue weighted by atomic mass is 10.2. The van der Waals surface area contributed by atoms with Crippen molar-refractivity contribution in [3.63, 3.8) is 0 Å². The Morgan fingerprint density at radius 1 is 1.25 bits per heavy atom. The van der Waals surface area contributed by atoms with Crippen LogP contribution in [0, 0.1) is 0 Å². The van der Waals surface area contributed by atoms with Crippen molar-refractivity contribution in [1.29, 1.82) is 0 Å². The van der Waals surface area contributed by atoms with Gasteiger partial charge in [0.05, 0.1) is 22.7 Å². The van der Waals surface area contributed by atoms with Gasteiger partial charge in [-0.05, 0) is 37.3 Å². The molecule has 2 amide bonds.